The Kier molecular flexibility index (Phi) is 5.87. The lowest BCUT2D eigenvalue weighted by Gasteiger charge is -2.09. The minimum absolute atomic E-state index is 0.125. The monoisotopic (exact) mass is 464 g/mol. The van der Waals surface area contributed by atoms with Gasteiger partial charge in [0.15, 0.2) is 16.7 Å². The molecule has 0 amide bonds. The van der Waals surface area contributed by atoms with E-state index < -0.39 is 0 Å². The minimum Gasteiger partial charge on any atom is -0.454 e. The molecule has 33 heavy (non-hydrogen) atoms. The zero-order valence-corrected chi connectivity index (χ0v) is 18.7. The van der Waals surface area contributed by atoms with Crippen LogP contribution in [0, 0.1) is 5.82 Å². The largest absolute Gasteiger partial charge is 0.454 e. The molecule has 4 aromatic rings. The third-order valence-electron chi connectivity index (χ3n) is 5.38. The van der Waals surface area contributed by atoms with E-state index in [1.54, 1.807) is 12.1 Å². The molecule has 7 nitrogen and oxygen atoms in total. The maximum absolute atomic E-state index is 13.2. The van der Waals surface area contributed by atoms with E-state index in [9.17, 15) is 9.18 Å². The number of hydrogen-bond donors (Lipinski definition) is 2. The molecular weight excluding hydrogens is 443 g/mol. The van der Waals surface area contributed by atoms with E-state index in [-0.39, 0.29) is 18.2 Å². The average Bonchev–Trinajstić information content (AvgIpc) is 3.47. The molecular formula is C24H21FN4O3S. The van der Waals surface area contributed by atoms with Gasteiger partial charge in [0.05, 0.1) is 17.1 Å². The predicted octanol–water partition coefficient (Wildman–Crippen LogP) is 4.47. The van der Waals surface area contributed by atoms with Gasteiger partial charge in [-0.15, -0.1) is 0 Å². The summed E-state index contributed by atoms with van der Waals surface area (Å²) in [6, 6.07) is 13.9. The van der Waals surface area contributed by atoms with Crippen molar-refractivity contribution in [2.24, 2.45) is 0 Å². The summed E-state index contributed by atoms with van der Waals surface area (Å²) in [5.41, 5.74) is 4.76. The first kappa shape index (κ1) is 21.3. The van der Waals surface area contributed by atoms with Crippen molar-refractivity contribution in [1.82, 2.24) is 20.2 Å². The lowest BCUT2D eigenvalue weighted by molar-refractivity contribution is 0.174. The molecule has 0 aliphatic carbocycles. The number of halogens is 1. The van der Waals surface area contributed by atoms with Crippen molar-refractivity contribution in [3.8, 4) is 22.8 Å². The summed E-state index contributed by atoms with van der Waals surface area (Å²) in [5.74, 6) is 1.68. The lowest BCUT2D eigenvalue weighted by atomic mass is 10.0. The maximum atomic E-state index is 13.2. The zero-order chi connectivity index (χ0) is 22.8. The van der Waals surface area contributed by atoms with Gasteiger partial charge in [0.1, 0.15) is 5.82 Å². The normalized spacial score (nSPS) is 12.3. The van der Waals surface area contributed by atoms with Crippen LogP contribution in [-0.4, -0.2) is 27.0 Å². The Balaban J connectivity index is 1.33. The average molecular weight is 465 g/mol. The van der Waals surface area contributed by atoms with Gasteiger partial charge in [-0.05, 0) is 60.0 Å². The van der Waals surface area contributed by atoms with Crippen LogP contribution in [0.25, 0.3) is 11.3 Å². The quantitative estimate of drug-likeness (QED) is 0.310. The molecule has 0 bridgehead atoms. The fraction of sp³-hybridized carbons (Fsp3) is 0.208. The van der Waals surface area contributed by atoms with Crippen LogP contribution in [0.5, 0.6) is 11.5 Å². The van der Waals surface area contributed by atoms with Gasteiger partial charge in [-0.25, -0.2) is 9.37 Å². The second kappa shape index (κ2) is 9.11. The topological polar surface area (TPSA) is 92.9 Å². The summed E-state index contributed by atoms with van der Waals surface area (Å²) in [7, 11) is 0. The van der Waals surface area contributed by atoms with Crippen molar-refractivity contribution >= 4 is 11.8 Å². The number of aromatic nitrogens is 4. The van der Waals surface area contributed by atoms with E-state index in [0.717, 1.165) is 34.0 Å². The van der Waals surface area contributed by atoms with Crippen LogP contribution < -0.4 is 15.0 Å². The Bertz CT molecular complexity index is 1350. The van der Waals surface area contributed by atoms with E-state index in [4.69, 9.17) is 14.5 Å². The summed E-state index contributed by atoms with van der Waals surface area (Å²) >= 11 is 1.41. The second-order valence-corrected chi connectivity index (χ2v) is 8.55. The van der Waals surface area contributed by atoms with E-state index in [1.165, 1.54) is 23.9 Å². The highest BCUT2D eigenvalue weighted by Gasteiger charge is 2.16. The first-order valence-corrected chi connectivity index (χ1v) is 11.5. The Morgan fingerprint density at radius 3 is 2.73 bits per heavy atom. The van der Waals surface area contributed by atoms with Gasteiger partial charge in [-0.1, -0.05) is 24.8 Å². The number of aromatic amines is 2. The molecule has 1 aliphatic heterocycles. The number of rotatable bonds is 7. The molecule has 0 fully saturated rings. The standard InChI is InChI=1S/C24H21FN4O3S/c1-2-18-20(9-14-3-8-21-22(10-14)32-13-31-21)26-24(27-23(18)30)33-12-17-11-19(29-28-17)15-4-6-16(25)7-5-15/h3-8,10-11H,2,9,12-13H2,1H3,(H,28,29)(H,26,27,30). The number of benzene rings is 2. The van der Waals surface area contributed by atoms with E-state index in [0.29, 0.717) is 35.1 Å². The van der Waals surface area contributed by atoms with Gasteiger partial charge < -0.3 is 14.5 Å². The van der Waals surface area contributed by atoms with Crippen molar-refractivity contribution < 1.29 is 13.9 Å². The number of H-pyrrole nitrogens is 2. The van der Waals surface area contributed by atoms with Gasteiger partial charge in [-0.3, -0.25) is 9.89 Å². The van der Waals surface area contributed by atoms with Gasteiger partial charge >= 0.3 is 0 Å². The van der Waals surface area contributed by atoms with Gasteiger partial charge in [0.2, 0.25) is 6.79 Å². The summed E-state index contributed by atoms with van der Waals surface area (Å²) < 4.78 is 24.0. The van der Waals surface area contributed by atoms with Gasteiger partial charge in [-0.2, -0.15) is 5.10 Å². The zero-order valence-electron chi connectivity index (χ0n) is 17.9. The molecule has 3 heterocycles. The van der Waals surface area contributed by atoms with Crippen molar-refractivity contribution in [3.63, 3.8) is 0 Å². The Hall–Kier alpha value is -3.59. The van der Waals surface area contributed by atoms with Crippen LogP contribution in [0.15, 0.2) is 58.5 Å². The van der Waals surface area contributed by atoms with Crippen LogP contribution in [0.1, 0.15) is 29.4 Å². The number of nitrogens with one attached hydrogen (secondary N) is 2. The summed E-state index contributed by atoms with van der Waals surface area (Å²) in [4.78, 5) is 20.3. The molecule has 5 rings (SSSR count). The molecule has 0 saturated carbocycles. The molecule has 9 heteroatoms. The molecule has 0 saturated heterocycles. The molecule has 0 unspecified atom stereocenters. The highest BCUT2D eigenvalue weighted by molar-refractivity contribution is 7.98. The molecule has 0 spiro atoms. The fourth-order valence-corrected chi connectivity index (χ4v) is 4.47. The third-order valence-corrected chi connectivity index (χ3v) is 6.29. The molecule has 2 aromatic carbocycles. The summed E-state index contributed by atoms with van der Waals surface area (Å²) in [5, 5.41) is 7.84. The highest BCUT2D eigenvalue weighted by Crippen LogP contribution is 2.33. The molecule has 2 N–H and O–H groups in total. The van der Waals surface area contributed by atoms with Gasteiger partial charge in [0, 0.05) is 17.7 Å². The number of nitrogens with zero attached hydrogens (tertiary/aromatic N) is 2. The molecule has 2 aromatic heterocycles. The maximum Gasteiger partial charge on any atom is 0.254 e. The first-order valence-electron chi connectivity index (χ1n) is 10.5. The lowest BCUT2D eigenvalue weighted by Crippen LogP contribution is -2.18. The fourth-order valence-electron chi connectivity index (χ4n) is 3.70. The van der Waals surface area contributed by atoms with Crippen LogP contribution in [0.4, 0.5) is 4.39 Å². The van der Waals surface area contributed by atoms with E-state index in [1.807, 2.05) is 31.2 Å². The van der Waals surface area contributed by atoms with Crippen LogP contribution in [-0.2, 0) is 18.6 Å². The van der Waals surface area contributed by atoms with Crippen LogP contribution in [0.2, 0.25) is 0 Å². The summed E-state index contributed by atoms with van der Waals surface area (Å²) in [6.07, 6.45) is 1.11. The van der Waals surface area contributed by atoms with Crippen molar-refractivity contribution in [1.29, 1.82) is 0 Å². The minimum atomic E-state index is -0.281. The molecule has 1 aliphatic rings. The Morgan fingerprint density at radius 2 is 1.91 bits per heavy atom. The van der Waals surface area contributed by atoms with E-state index >= 15 is 0 Å². The number of hydrogen-bond acceptors (Lipinski definition) is 6. The number of ether oxygens (including phenoxy) is 2. The highest BCUT2D eigenvalue weighted by atomic mass is 32.2. The Morgan fingerprint density at radius 1 is 1.09 bits per heavy atom. The van der Waals surface area contributed by atoms with Crippen molar-refractivity contribution in [2.45, 2.75) is 30.7 Å². The Labute approximate surface area is 193 Å². The van der Waals surface area contributed by atoms with Crippen LogP contribution in [0.3, 0.4) is 0 Å². The SMILES string of the molecule is CCc1c(Cc2ccc3c(c2)OCO3)nc(SCc2cc(-c3ccc(F)cc3)[nH]n2)[nH]c1=O. The summed E-state index contributed by atoms with van der Waals surface area (Å²) in [6.45, 7) is 2.17. The molecule has 168 valence electrons. The third kappa shape index (κ3) is 4.63. The second-order valence-electron chi connectivity index (χ2n) is 7.58. The van der Waals surface area contributed by atoms with Gasteiger partial charge in [0.25, 0.3) is 5.56 Å². The van der Waals surface area contributed by atoms with Crippen molar-refractivity contribution in [2.75, 3.05) is 6.79 Å². The predicted molar refractivity (Wildman–Crippen MR) is 123 cm³/mol. The molecule has 0 radical (unpaired) electrons. The van der Waals surface area contributed by atoms with E-state index in [2.05, 4.69) is 15.2 Å². The number of fused-ring (bicyclic) bond motifs is 1. The number of thioether (sulfide) groups is 1. The van der Waals surface area contributed by atoms with Crippen LogP contribution >= 0.6 is 11.8 Å². The first-order chi connectivity index (χ1) is 16.1. The molecule has 0 atom stereocenters. The smallest absolute Gasteiger partial charge is 0.254 e. The van der Waals surface area contributed by atoms with Crippen molar-refractivity contribution in [3.05, 3.63) is 87.2 Å².